The molecule has 0 bridgehead atoms. The highest BCUT2D eigenvalue weighted by molar-refractivity contribution is 6.45. The van der Waals surface area contributed by atoms with Crippen molar-refractivity contribution in [2.24, 2.45) is 10.8 Å². The summed E-state index contributed by atoms with van der Waals surface area (Å²) < 4.78 is 4.90. The molecule has 0 aliphatic heterocycles. The molecule has 0 saturated heterocycles. The maximum absolute atomic E-state index is 8.70. The molecule has 0 aliphatic carbocycles. The molecule has 0 unspecified atom stereocenters. The summed E-state index contributed by atoms with van der Waals surface area (Å²) in [5, 5.41) is 23.4. The molecule has 1 heterocycles. The van der Waals surface area contributed by atoms with Gasteiger partial charge >= 0.3 is 0 Å². The summed E-state index contributed by atoms with van der Waals surface area (Å²) in [7, 11) is 0. The van der Waals surface area contributed by atoms with Crippen LogP contribution in [0.1, 0.15) is 5.89 Å². The second kappa shape index (κ2) is 5.62. The fourth-order valence-corrected chi connectivity index (χ4v) is 1.38. The van der Waals surface area contributed by atoms with Crippen LogP contribution >= 0.6 is 0 Å². The quantitative estimate of drug-likeness (QED) is 0.434. The fraction of sp³-hybridized carbons (Fsp3) is 0.0833. The van der Waals surface area contributed by atoms with Gasteiger partial charge in [0.1, 0.15) is 6.07 Å². The summed E-state index contributed by atoms with van der Waals surface area (Å²) >= 11 is 0. The number of amidine groups is 1. The number of hydrogen-bond acceptors (Lipinski definition) is 7. The van der Waals surface area contributed by atoms with Gasteiger partial charge in [-0.05, 0) is 24.3 Å². The minimum Gasteiger partial charge on any atom is -0.382 e. The van der Waals surface area contributed by atoms with Gasteiger partial charge in [-0.15, -0.1) is 0 Å². The van der Waals surface area contributed by atoms with Crippen LogP contribution in [0.15, 0.2) is 33.9 Å². The van der Waals surface area contributed by atoms with Crippen molar-refractivity contribution in [1.82, 2.24) is 10.1 Å². The van der Waals surface area contributed by atoms with Gasteiger partial charge in [-0.25, -0.2) is 0 Å². The van der Waals surface area contributed by atoms with E-state index in [9.17, 15) is 0 Å². The van der Waals surface area contributed by atoms with Gasteiger partial charge in [0, 0.05) is 12.5 Å². The Balaban J connectivity index is 2.13. The van der Waals surface area contributed by atoms with E-state index < -0.39 is 0 Å². The van der Waals surface area contributed by atoms with Crippen LogP contribution in [-0.4, -0.2) is 21.7 Å². The molecule has 2 rings (SSSR count). The normalized spacial score (nSPS) is 10.9. The molecule has 0 radical (unpaired) electrons. The lowest BCUT2D eigenvalue weighted by Gasteiger charge is -2.01. The molecular formula is C12H11N7O. The van der Waals surface area contributed by atoms with Crippen molar-refractivity contribution < 1.29 is 4.52 Å². The Bertz CT molecular complexity index is 693. The summed E-state index contributed by atoms with van der Waals surface area (Å²) in [4.78, 5) is 4.11. The highest BCUT2D eigenvalue weighted by atomic mass is 16.5. The average molecular weight is 269 g/mol. The minimum atomic E-state index is -0.390. The zero-order chi connectivity index (χ0) is 14.5. The van der Waals surface area contributed by atoms with Crippen LogP contribution in [0, 0.1) is 23.7 Å². The highest BCUT2D eigenvalue weighted by Crippen LogP contribution is 2.18. The second-order valence-electron chi connectivity index (χ2n) is 3.81. The summed E-state index contributed by atoms with van der Waals surface area (Å²) in [6.07, 6.45) is 0. The molecule has 1 aromatic carbocycles. The molecule has 2 aromatic rings. The van der Waals surface area contributed by atoms with Crippen LogP contribution in [-0.2, 0) is 0 Å². The van der Waals surface area contributed by atoms with Crippen LogP contribution in [0.25, 0.3) is 11.4 Å². The first kappa shape index (κ1) is 13.2. The van der Waals surface area contributed by atoms with E-state index in [-0.39, 0.29) is 11.5 Å². The van der Waals surface area contributed by atoms with Gasteiger partial charge in [-0.1, -0.05) is 5.16 Å². The van der Waals surface area contributed by atoms with Crippen LogP contribution < -0.4 is 11.2 Å². The Kier molecular flexibility index (Phi) is 3.72. The van der Waals surface area contributed by atoms with Crippen molar-refractivity contribution in [2.45, 2.75) is 6.92 Å². The number of nitrogens with one attached hydrogen (secondary N) is 2. The molecule has 0 spiro atoms. The smallest absolute Gasteiger partial charge is 0.223 e. The third-order valence-electron chi connectivity index (χ3n) is 2.33. The van der Waals surface area contributed by atoms with Gasteiger partial charge in [-0.3, -0.25) is 10.8 Å². The molecule has 0 amide bonds. The predicted molar refractivity (Wildman–Crippen MR) is 73.1 cm³/mol. The zero-order valence-electron chi connectivity index (χ0n) is 10.6. The summed E-state index contributed by atoms with van der Waals surface area (Å²) in [5.41, 5.74) is 9.08. The number of aromatic nitrogens is 2. The van der Waals surface area contributed by atoms with Crippen LogP contribution in [0.4, 0.5) is 5.69 Å². The topological polar surface area (TPSA) is 137 Å². The number of aryl methyl sites for hydroxylation is 1. The van der Waals surface area contributed by atoms with E-state index in [0.717, 1.165) is 5.56 Å². The van der Waals surface area contributed by atoms with Crippen molar-refractivity contribution in [3.05, 3.63) is 30.2 Å². The molecule has 0 fully saturated rings. The monoisotopic (exact) mass is 269 g/mol. The third-order valence-corrected chi connectivity index (χ3v) is 2.33. The van der Waals surface area contributed by atoms with Crippen molar-refractivity contribution in [1.29, 1.82) is 10.7 Å². The number of hydrazone groups is 1. The Hall–Kier alpha value is -3.21. The van der Waals surface area contributed by atoms with Gasteiger partial charge in [0.15, 0.2) is 5.84 Å². The van der Waals surface area contributed by atoms with Gasteiger partial charge < -0.3 is 10.3 Å². The molecular weight excluding hydrogens is 258 g/mol. The lowest BCUT2D eigenvalue weighted by Crippen LogP contribution is -2.21. The van der Waals surface area contributed by atoms with E-state index in [1.54, 1.807) is 37.3 Å². The van der Waals surface area contributed by atoms with E-state index in [1.807, 2.05) is 0 Å². The number of hydrogen-bond donors (Lipinski definition) is 3. The molecule has 4 N–H and O–H groups in total. The van der Waals surface area contributed by atoms with E-state index in [0.29, 0.717) is 17.4 Å². The molecule has 0 saturated carbocycles. The molecule has 1 aromatic heterocycles. The Morgan fingerprint density at radius 3 is 2.65 bits per heavy atom. The number of nitrogens with two attached hydrogens (primary N) is 1. The largest absolute Gasteiger partial charge is 0.382 e. The lowest BCUT2D eigenvalue weighted by molar-refractivity contribution is 0.394. The van der Waals surface area contributed by atoms with E-state index in [1.165, 1.54) is 0 Å². The van der Waals surface area contributed by atoms with E-state index in [2.05, 4.69) is 20.7 Å². The van der Waals surface area contributed by atoms with Gasteiger partial charge in [0.25, 0.3) is 0 Å². The van der Waals surface area contributed by atoms with Gasteiger partial charge in [-0.2, -0.15) is 15.3 Å². The average Bonchev–Trinajstić information content (AvgIpc) is 2.86. The lowest BCUT2D eigenvalue weighted by atomic mass is 10.2. The molecule has 8 heteroatoms. The van der Waals surface area contributed by atoms with Gasteiger partial charge in [0.2, 0.25) is 17.4 Å². The fourth-order valence-electron chi connectivity index (χ4n) is 1.38. The second-order valence-corrected chi connectivity index (χ2v) is 3.81. The maximum atomic E-state index is 8.70. The first-order valence-electron chi connectivity index (χ1n) is 5.59. The number of benzene rings is 1. The molecule has 100 valence electrons. The summed E-state index contributed by atoms with van der Waals surface area (Å²) in [5.74, 6) is 0.602. The molecule has 0 atom stereocenters. The third kappa shape index (κ3) is 2.97. The first-order valence-corrected chi connectivity index (χ1v) is 5.59. The van der Waals surface area contributed by atoms with Crippen LogP contribution in [0.5, 0.6) is 0 Å². The minimum absolute atomic E-state index is 0.178. The zero-order valence-corrected chi connectivity index (χ0v) is 10.6. The Morgan fingerprint density at radius 1 is 1.45 bits per heavy atom. The Morgan fingerprint density at radius 2 is 2.15 bits per heavy atom. The van der Waals surface area contributed by atoms with Crippen molar-refractivity contribution >= 4 is 17.2 Å². The molecule has 0 aliphatic rings. The van der Waals surface area contributed by atoms with E-state index >= 15 is 0 Å². The van der Waals surface area contributed by atoms with Crippen molar-refractivity contribution in [3.8, 4) is 17.5 Å². The number of rotatable bonds is 4. The Labute approximate surface area is 114 Å². The van der Waals surface area contributed by atoms with Crippen molar-refractivity contribution in [2.75, 3.05) is 5.43 Å². The number of nitrogens with zero attached hydrogens (tertiary/aromatic N) is 4. The standard InChI is InChI=1S/C12H11N7O/c1-7-16-12(19-20-7)8-2-4-9(5-3-8)17-18-10(6-13)11(14)15/h2-5,17H,1H3,(H3,14,15)/b18-10+. The van der Waals surface area contributed by atoms with Crippen molar-refractivity contribution in [3.63, 3.8) is 0 Å². The number of nitriles is 1. The summed E-state index contributed by atoms with van der Waals surface area (Å²) in [6.45, 7) is 1.71. The molecule has 20 heavy (non-hydrogen) atoms. The maximum Gasteiger partial charge on any atom is 0.223 e. The SMILES string of the molecule is Cc1nc(-c2ccc(N/N=C(\C#N)C(=N)N)cc2)no1. The summed E-state index contributed by atoms with van der Waals surface area (Å²) in [6, 6.07) is 8.75. The highest BCUT2D eigenvalue weighted by Gasteiger charge is 2.05. The van der Waals surface area contributed by atoms with Crippen LogP contribution in [0.3, 0.4) is 0 Å². The number of anilines is 1. The van der Waals surface area contributed by atoms with Gasteiger partial charge in [0.05, 0.1) is 5.69 Å². The molecule has 8 nitrogen and oxygen atoms in total. The van der Waals surface area contributed by atoms with Crippen LogP contribution in [0.2, 0.25) is 0 Å². The predicted octanol–water partition coefficient (Wildman–Crippen LogP) is 1.27. The first-order chi connectivity index (χ1) is 9.60. The van der Waals surface area contributed by atoms with E-state index in [4.69, 9.17) is 20.9 Å².